The molecule has 0 aromatic carbocycles. The van der Waals surface area contributed by atoms with Gasteiger partial charge in [0.25, 0.3) is 0 Å². The fourth-order valence-electron chi connectivity index (χ4n) is 0.905. The summed E-state index contributed by atoms with van der Waals surface area (Å²) in [7, 11) is -0.0393. The van der Waals surface area contributed by atoms with Gasteiger partial charge in [-0.25, -0.2) is 8.78 Å². The third kappa shape index (κ3) is 7.37. The lowest BCUT2D eigenvalue weighted by atomic mass is 10.4. The molecule has 0 fully saturated rings. The molecule has 0 spiro atoms. The molecule has 0 rings (SSSR count). The van der Waals surface area contributed by atoms with Crippen LogP contribution in [0, 0.1) is 0 Å². The Morgan fingerprint density at radius 3 is 2.25 bits per heavy atom. The lowest BCUT2D eigenvalue weighted by molar-refractivity contribution is 0.418. The molecule has 0 N–H and O–H groups in total. The quantitative estimate of drug-likeness (QED) is 0.559. The molecule has 0 saturated carbocycles. The highest BCUT2D eigenvalue weighted by molar-refractivity contribution is 8.12. The van der Waals surface area contributed by atoms with Crippen LogP contribution in [-0.2, 0) is 0 Å². The third-order valence-electron chi connectivity index (χ3n) is 1.56. The molecule has 0 aliphatic carbocycles. The molecular formula is C8H19F2P2+. The zero-order valence-electron chi connectivity index (χ0n) is 7.82. The van der Waals surface area contributed by atoms with Crippen LogP contribution >= 0.6 is 16.5 Å². The molecule has 74 valence electrons. The van der Waals surface area contributed by atoms with Crippen molar-refractivity contribution in [3.63, 3.8) is 0 Å². The minimum absolute atomic E-state index is 0.245. The summed E-state index contributed by atoms with van der Waals surface area (Å²) in [5.74, 6) is -1.41. The first-order valence-corrected chi connectivity index (χ1v) is 8.13. The maximum absolute atomic E-state index is 12.9. The van der Waals surface area contributed by atoms with Crippen molar-refractivity contribution in [2.24, 2.45) is 0 Å². The Kier molecular flexibility index (Phi) is 8.82. The van der Waals surface area contributed by atoms with Crippen LogP contribution in [-0.4, -0.2) is 11.8 Å². The zero-order chi connectivity index (χ0) is 9.40. The van der Waals surface area contributed by atoms with Crippen LogP contribution in [0.3, 0.4) is 0 Å². The summed E-state index contributed by atoms with van der Waals surface area (Å²) >= 11 is 0. The molecular weight excluding hydrogens is 196 g/mol. The van der Waals surface area contributed by atoms with Crippen molar-refractivity contribution in [1.29, 1.82) is 0 Å². The van der Waals surface area contributed by atoms with E-state index < -0.39 is 11.8 Å². The van der Waals surface area contributed by atoms with Crippen LogP contribution in [0.25, 0.3) is 0 Å². The lowest BCUT2D eigenvalue weighted by Gasteiger charge is -2.03. The van der Waals surface area contributed by atoms with Gasteiger partial charge in [0, 0.05) is 14.7 Å². The first kappa shape index (κ1) is 12.7. The average Bonchev–Trinajstić information content (AvgIpc) is 2.02. The highest BCUT2D eigenvalue weighted by atomic mass is 32.0. The van der Waals surface area contributed by atoms with Gasteiger partial charge in [0.15, 0.2) is 5.91 Å². The molecule has 4 heteroatoms. The minimum Gasteiger partial charge on any atom is -0.239 e. The minimum atomic E-state index is -0.722. The average molecular weight is 215 g/mol. The van der Waals surface area contributed by atoms with Crippen molar-refractivity contribution >= 4 is 16.5 Å². The summed E-state index contributed by atoms with van der Waals surface area (Å²) in [6.07, 6.45) is 2.99. The maximum Gasteiger partial charge on any atom is 0.202 e. The first-order valence-electron chi connectivity index (χ1n) is 4.58. The van der Waals surface area contributed by atoms with E-state index in [1.54, 1.807) is 0 Å². The van der Waals surface area contributed by atoms with Crippen molar-refractivity contribution in [3.8, 4) is 0 Å². The van der Waals surface area contributed by atoms with Crippen LogP contribution < -0.4 is 0 Å². The summed E-state index contributed by atoms with van der Waals surface area (Å²) < 4.78 is 25.8. The Hall–Kier alpha value is 0.720. The van der Waals surface area contributed by atoms with Crippen molar-refractivity contribution in [2.75, 3.05) is 0 Å². The van der Waals surface area contributed by atoms with Gasteiger partial charge < -0.3 is 0 Å². The van der Waals surface area contributed by atoms with E-state index >= 15 is 0 Å². The molecule has 4 unspecified atom stereocenters. The van der Waals surface area contributed by atoms with E-state index in [4.69, 9.17) is 0 Å². The smallest absolute Gasteiger partial charge is 0.202 e. The van der Waals surface area contributed by atoms with Crippen molar-refractivity contribution in [1.82, 2.24) is 0 Å². The Bertz CT molecular complexity index is 89.1. The molecule has 0 aromatic rings. The number of alkyl halides is 2. The summed E-state index contributed by atoms with van der Waals surface area (Å²) in [6.45, 7) is 3.93. The molecule has 12 heavy (non-hydrogen) atoms. The predicted molar refractivity (Wildman–Crippen MR) is 57.6 cm³/mol. The fraction of sp³-hybridized carbons (Fsp3) is 1.00. The van der Waals surface area contributed by atoms with Crippen molar-refractivity contribution in [2.45, 2.75) is 51.4 Å². The Morgan fingerprint density at radius 2 is 1.75 bits per heavy atom. The second kappa shape index (κ2) is 8.32. The molecule has 4 atom stereocenters. The highest BCUT2D eigenvalue weighted by Gasteiger charge is 2.16. The second-order valence-corrected chi connectivity index (χ2v) is 6.91. The molecule has 0 nitrogen and oxygen atoms in total. The highest BCUT2D eigenvalue weighted by Crippen LogP contribution is 2.48. The van der Waals surface area contributed by atoms with Gasteiger partial charge in [0.2, 0.25) is 5.91 Å². The fourth-order valence-corrected chi connectivity index (χ4v) is 4.53. The van der Waals surface area contributed by atoms with E-state index in [9.17, 15) is 8.78 Å². The molecule has 0 radical (unpaired) electrons. The third-order valence-corrected chi connectivity index (χ3v) is 5.85. The summed E-state index contributed by atoms with van der Waals surface area (Å²) in [5.41, 5.74) is 0. The van der Waals surface area contributed by atoms with E-state index in [0.717, 1.165) is 12.8 Å². The Morgan fingerprint density at radius 1 is 1.17 bits per heavy atom. The van der Waals surface area contributed by atoms with E-state index in [1.807, 2.05) is 13.8 Å². The Labute approximate surface area is 77.3 Å². The van der Waals surface area contributed by atoms with Gasteiger partial charge in [-0.2, -0.15) is 0 Å². The largest absolute Gasteiger partial charge is 0.239 e. The maximum atomic E-state index is 12.9. The lowest BCUT2D eigenvalue weighted by Crippen LogP contribution is -1.91. The van der Waals surface area contributed by atoms with Gasteiger partial charge in [-0.15, -0.1) is 0 Å². The number of hydrogen-bond acceptors (Lipinski definition) is 0. The molecule has 0 aromatic heterocycles. The molecule has 0 saturated heterocycles. The van der Waals surface area contributed by atoms with Gasteiger partial charge in [0.1, 0.15) is 0 Å². The van der Waals surface area contributed by atoms with Gasteiger partial charge in [-0.3, -0.25) is 0 Å². The molecule has 0 amide bonds. The standard InChI is InChI=1S/C8H18F2P2/c1-3-5-7(9)11-12-8(10)6-4-2/h7-8,11-12H,3-6H2,1-2H3/p+1. The van der Waals surface area contributed by atoms with Gasteiger partial charge in [-0.1, -0.05) is 20.3 Å². The summed E-state index contributed by atoms with van der Waals surface area (Å²) in [6, 6.07) is 0. The molecule has 0 heterocycles. The van der Waals surface area contributed by atoms with Gasteiger partial charge in [-0.05, 0) is 12.8 Å². The van der Waals surface area contributed by atoms with Crippen LogP contribution in [0.15, 0.2) is 0 Å². The van der Waals surface area contributed by atoms with Gasteiger partial charge in [0.05, 0.1) is 8.27 Å². The second-order valence-electron chi connectivity index (χ2n) is 2.89. The monoisotopic (exact) mass is 215 g/mol. The number of halogens is 2. The zero-order valence-corrected chi connectivity index (χ0v) is 9.97. The summed E-state index contributed by atoms with van der Waals surface area (Å²) in [4.78, 5) is 0. The van der Waals surface area contributed by atoms with Crippen LogP contribution in [0.5, 0.6) is 0 Å². The normalized spacial score (nSPS) is 18.0. The van der Waals surface area contributed by atoms with Crippen molar-refractivity contribution < 1.29 is 8.78 Å². The molecule has 0 aliphatic rings. The van der Waals surface area contributed by atoms with E-state index in [1.165, 1.54) is 0 Å². The van der Waals surface area contributed by atoms with Crippen LogP contribution in [0.2, 0.25) is 0 Å². The summed E-state index contributed by atoms with van der Waals surface area (Å²) in [5, 5.41) is 0. The first-order chi connectivity index (χ1) is 5.70. The molecule has 0 aliphatic heterocycles. The number of rotatable bonds is 7. The predicted octanol–water partition coefficient (Wildman–Crippen LogP) is 4.18. The van der Waals surface area contributed by atoms with Gasteiger partial charge >= 0.3 is 0 Å². The van der Waals surface area contributed by atoms with Crippen LogP contribution in [0.1, 0.15) is 39.5 Å². The SMILES string of the molecule is CCCC(F)P[PH2+]C(F)CCC. The van der Waals surface area contributed by atoms with E-state index in [0.29, 0.717) is 12.8 Å². The van der Waals surface area contributed by atoms with E-state index in [-0.39, 0.29) is 16.5 Å². The van der Waals surface area contributed by atoms with E-state index in [2.05, 4.69) is 0 Å². The van der Waals surface area contributed by atoms with Crippen molar-refractivity contribution in [3.05, 3.63) is 0 Å². The molecule has 0 bridgehead atoms. The number of hydrogen-bond donors (Lipinski definition) is 0. The topological polar surface area (TPSA) is 0 Å². The Balaban J connectivity index is 3.27. The van der Waals surface area contributed by atoms with Crippen LogP contribution in [0.4, 0.5) is 8.78 Å².